The van der Waals surface area contributed by atoms with Gasteiger partial charge in [-0.1, -0.05) is 42.5 Å². The normalized spacial score (nSPS) is 29.7. The van der Waals surface area contributed by atoms with E-state index in [1.807, 2.05) is 30.3 Å². The van der Waals surface area contributed by atoms with E-state index in [1.54, 1.807) is 29.0 Å². The van der Waals surface area contributed by atoms with E-state index in [0.29, 0.717) is 52.2 Å². The Balaban J connectivity index is 1.53. The molecule has 6 atom stereocenters. The second kappa shape index (κ2) is 12.4. The second-order valence-corrected chi connectivity index (χ2v) is 11.4. The smallest absolute Gasteiger partial charge is 0.248 e. The van der Waals surface area contributed by atoms with Crippen molar-refractivity contribution in [2.24, 2.45) is 11.8 Å². The van der Waals surface area contributed by atoms with Crippen molar-refractivity contribution in [2.75, 3.05) is 66.1 Å². The first kappa shape index (κ1) is 29.4. The van der Waals surface area contributed by atoms with Crippen LogP contribution >= 0.6 is 0 Å². The average molecular weight is 567 g/mol. The third-order valence-electron chi connectivity index (χ3n) is 9.18. The lowest BCUT2D eigenvalue weighted by Gasteiger charge is -2.40. The van der Waals surface area contributed by atoms with E-state index < -0.39 is 35.6 Å². The number of amides is 3. The summed E-state index contributed by atoms with van der Waals surface area (Å²) in [5.74, 6) is -2.24. The molecule has 222 valence electrons. The van der Waals surface area contributed by atoms with E-state index in [0.717, 1.165) is 18.7 Å². The molecule has 0 saturated carbocycles. The van der Waals surface area contributed by atoms with Gasteiger partial charge in [0, 0.05) is 46.3 Å². The summed E-state index contributed by atoms with van der Waals surface area (Å²) in [6.07, 6.45) is 3.98. The molecule has 2 bridgehead atoms. The number of ether oxygens (including phenoxy) is 2. The van der Waals surface area contributed by atoms with Gasteiger partial charge >= 0.3 is 0 Å². The van der Waals surface area contributed by atoms with Crippen molar-refractivity contribution < 1.29 is 29.0 Å². The van der Waals surface area contributed by atoms with Gasteiger partial charge in [0.2, 0.25) is 17.7 Å². The van der Waals surface area contributed by atoms with Crippen LogP contribution in [0.3, 0.4) is 0 Å². The van der Waals surface area contributed by atoms with Crippen LogP contribution < -0.4 is 0 Å². The Hall–Kier alpha value is -3.05. The van der Waals surface area contributed by atoms with Gasteiger partial charge in [-0.3, -0.25) is 19.3 Å². The molecule has 4 aliphatic heterocycles. The molecule has 4 saturated heterocycles. The highest BCUT2D eigenvalue weighted by Crippen LogP contribution is 2.60. The molecule has 1 aromatic carbocycles. The molecule has 4 heterocycles. The first-order valence-electron chi connectivity index (χ1n) is 14.6. The van der Waals surface area contributed by atoms with Crippen molar-refractivity contribution in [3.8, 4) is 0 Å². The lowest BCUT2D eigenvalue weighted by molar-refractivity contribution is -0.152. The number of hydrogen-bond donors (Lipinski definition) is 1. The maximum Gasteiger partial charge on any atom is 0.248 e. The zero-order valence-electron chi connectivity index (χ0n) is 23.9. The van der Waals surface area contributed by atoms with E-state index in [1.165, 1.54) is 4.90 Å². The van der Waals surface area contributed by atoms with E-state index >= 15 is 0 Å². The maximum atomic E-state index is 14.6. The van der Waals surface area contributed by atoms with Gasteiger partial charge in [-0.2, -0.15) is 0 Å². The van der Waals surface area contributed by atoms with Crippen molar-refractivity contribution in [3.05, 3.63) is 61.2 Å². The summed E-state index contributed by atoms with van der Waals surface area (Å²) < 4.78 is 12.1. The number of likely N-dealkylation sites (tertiary alicyclic amines) is 1. The fourth-order valence-electron chi connectivity index (χ4n) is 7.26. The summed E-state index contributed by atoms with van der Waals surface area (Å²) in [7, 11) is 1.69. The zero-order chi connectivity index (χ0) is 29.1. The number of hydrogen-bond acceptors (Lipinski definition) is 7. The van der Waals surface area contributed by atoms with Crippen molar-refractivity contribution in [1.29, 1.82) is 0 Å². The van der Waals surface area contributed by atoms with Crippen LogP contribution in [0.4, 0.5) is 0 Å². The predicted octanol–water partition coefficient (Wildman–Crippen LogP) is 1.09. The number of nitrogens with zero attached hydrogens (tertiary/aromatic N) is 4. The second-order valence-electron chi connectivity index (χ2n) is 11.4. The van der Waals surface area contributed by atoms with Gasteiger partial charge in [0.15, 0.2) is 0 Å². The van der Waals surface area contributed by atoms with Gasteiger partial charge in [0.1, 0.15) is 11.6 Å². The molecule has 4 aliphatic rings. The Morgan fingerprint density at radius 2 is 1.85 bits per heavy atom. The van der Waals surface area contributed by atoms with Gasteiger partial charge in [0.05, 0.1) is 43.8 Å². The molecule has 0 radical (unpaired) electrons. The molecule has 0 aliphatic carbocycles. The molecular formula is C31H42N4O6. The van der Waals surface area contributed by atoms with Crippen molar-refractivity contribution >= 4 is 17.7 Å². The van der Waals surface area contributed by atoms with Gasteiger partial charge in [0.25, 0.3) is 0 Å². The number of carbonyl (C=O) groups is 3. The summed E-state index contributed by atoms with van der Waals surface area (Å²) in [5, 5.41) is 10.7. The minimum Gasteiger partial charge on any atom is -0.394 e. The molecule has 10 heteroatoms. The summed E-state index contributed by atoms with van der Waals surface area (Å²) >= 11 is 0. The number of benzene rings is 1. The van der Waals surface area contributed by atoms with Crippen LogP contribution in [0.2, 0.25) is 0 Å². The number of aliphatic hydroxyl groups excluding tert-OH is 1. The SMILES string of the molecule is C=CCN(C)C(=O)[C@@H]1[C@H]2C(=O)N([C@H](CO)c3ccccc3)C(C(=O)N(CC=C)CCN3CCOCC3)C23CC[C@H]1O3. The van der Waals surface area contributed by atoms with Gasteiger partial charge in [-0.25, -0.2) is 0 Å². The Kier molecular flexibility index (Phi) is 8.94. The van der Waals surface area contributed by atoms with E-state index in [-0.39, 0.29) is 24.3 Å². The van der Waals surface area contributed by atoms with E-state index in [2.05, 4.69) is 18.1 Å². The monoisotopic (exact) mass is 566 g/mol. The van der Waals surface area contributed by atoms with Gasteiger partial charge < -0.3 is 29.3 Å². The van der Waals surface area contributed by atoms with Crippen LogP contribution in [0, 0.1) is 11.8 Å². The molecular weight excluding hydrogens is 524 g/mol. The van der Waals surface area contributed by atoms with Crippen LogP contribution in [-0.4, -0.2) is 126 Å². The molecule has 0 aromatic heterocycles. The van der Waals surface area contributed by atoms with Gasteiger partial charge in [-0.15, -0.1) is 13.2 Å². The highest BCUT2D eigenvalue weighted by molar-refractivity contribution is 5.99. The Labute approximate surface area is 242 Å². The summed E-state index contributed by atoms with van der Waals surface area (Å²) in [5.41, 5.74) is -0.420. The fourth-order valence-corrected chi connectivity index (χ4v) is 7.26. The number of aliphatic hydroxyl groups is 1. The Morgan fingerprint density at radius 3 is 2.51 bits per heavy atom. The largest absolute Gasteiger partial charge is 0.394 e. The molecule has 1 aromatic rings. The molecule has 5 rings (SSSR count). The number of likely N-dealkylation sites (N-methyl/N-ethyl adjacent to an activating group) is 1. The van der Waals surface area contributed by atoms with Gasteiger partial charge in [-0.05, 0) is 18.4 Å². The van der Waals surface area contributed by atoms with Crippen LogP contribution in [0.25, 0.3) is 0 Å². The molecule has 1 N–H and O–H groups in total. The first-order valence-corrected chi connectivity index (χ1v) is 14.6. The standard InChI is InChI=1S/C31H42N4O6/c1-4-13-32(3)28(37)25-24-11-12-31(41-24)26(25)29(38)35(23(21-36)22-9-7-6-8-10-22)27(31)30(39)34(14-5-2)16-15-33-17-19-40-20-18-33/h4-10,23-27,36H,1-2,11-21H2,3H3/t23-,24-,25+,26+,27?,31?/m1/s1. The molecule has 1 spiro atoms. The summed E-state index contributed by atoms with van der Waals surface area (Å²) in [6.45, 7) is 11.9. The van der Waals surface area contributed by atoms with Crippen molar-refractivity contribution in [2.45, 2.75) is 36.6 Å². The summed E-state index contributed by atoms with van der Waals surface area (Å²) in [6, 6.07) is 7.52. The minimum absolute atomic E-state index is 0.182. The molecule has 4 fully saturated rings. The number of rotatable bonds is 12. The number of fused-ring (bicyclic) bond motifs is 1. The third-order valence-corrected chi connectivity index (χ3v) is 9.18. The highest BCUT2D eigenvalue weighted by atomic mass is 16.5. The minimum atomic E-state index is -1.14. The zero-order valence-corrected chi connectivity index (χ0v) is 23.9. The van der Waals surface area contributed by atoms with Crippen molar-refractivity contribution in [1.82, 2.24) is 19.6 Å². The predicted molar refractivity (Wildman–Crippen MR) is 153 cm³/mol. The highest BCUT2D eigenvalue weighted by Gasteiger charge is 2.75. The van der Waals surface area contributed by atoms with E-state index in [9.17, 15) is 19.5 Å². The molecule has 41 heavy (non-hydrogen) atoms. The van der Waals surface area contributed by atoms with Crippen molar-refractivity contribution in [3.63, 3.8) is 0 Å². The van der Waals surface area contributed by atoms with Crippen LogP contribution in [0.5, 0.6) is 0 Å². The molecule has 10 nitrogen and oxygen atoms in total. The lowest BCUT2D eigenvalue weighted by atomic mass is 9.70. The third kappa shape index (κ3) is 5.22. The quantitative estimate of drug-likeness (QED) is 0.378. The average Bonchev–Trinajstić information content (AvgIpc) is 3.64. The topological polar surface area (TPSA) is 103 Å². The van der Waals surface area contributed by atoms with Crippen LogP contribution in [0.1, 0.15) is 24.4 Å². The van der Waals surface area contributed by atoms with Crippen LogP contribution in [0.15, 0.2) is 55.6 Å². The Morgan fingerprint density at radius 1 is 1.15 bits per heavy atom. The number of morpholine rings is 1. The van der Waals surface area contributed by atoms with Crippen LogP contribution in [-0.2, 0) is 23.9 Å². The fraction of sp³-hybridized carbons (Fsp3) is 0.581. The maximum absolute atomic E-state index is 14.6. The summed E-state index contributed by atoms with van der Waals surface area (Å²) in [4.78, 5) is 49.9. The number of carbonyl (C=O) groups excluding carboxylic acids is 3. The van der Waals surface area contributed by atoms with E-state index in [4.69, 9.17) is 9.47 Å². The molecule has 3 amide bonds. The first-order chi connectivity index (χ1) is 19.9. The molecule has 2 unspecified atom stereocenters. The lowest BCUT2D eigenvalue weighted by Crippen LogP contribution is -2.58. The Bertz CT molecular complexity index is 1140.